The Bertz CT molecular complexity index is 2190. The molecule has 1 N–H and O–H groups in total. The molecule has 6 rings (SSSR count). The van der Waals surface area contributed by atoms with Gasteiger partial charge >= 0.3 is 29.8 Å². The molecule has 6 atom stereocenters. The van der Waals surface area contributed by atoms with Gasteiger partial charge in [0.1, 0.15) is 11.8 Å². The molecule has 14 nitrogen and oxygen atoms in total. The number of nitrogens with zero attached hydrogens (tertiary/aromatic N) is 3. The van der Waals surface area contributed by atoms with Gasteiger partial charge in [0, 0.05) is 64.8 Å². The van der Waals surface area contributed by atoms with E-state index >= 15 is 0 Å². The minimum absolute atomic E-state index is 0.114. The van der Waals surface area contributed by atoms with Gasteiger partial charge in [-0.05, 0) is 68.0 Å². The van der Waals surface area contributed by atoms with Gasteiger partial charge in [0.15, 0.2) is 0 Å². The van der Waals surface area contributed by atoms with Crippen LogP contribution >= 0.6 is 0 Å². The van der Waals surface area contributed by atoms with Crippen molar-refractivity contribution < 1.29 is 47.7 Å². The molecule has 0 saturated carbocycles. The lowest BCUT2D eigenvalue weighted by molar-refractivity contribution is -0.149. The molecule has 0 aromatic carbocycles. The molecule has 1 aromatic heterocycles. The van der Waals surface area contributed by atoms with Gasteiger partial charge in [0.25, 0.3) is 0 Å². The number of fused-ring (bicyclic) bond motifs is 8. The first kappa shape index (κ1) is 41.0. The van der Waals surface area contributed by atoms with Crippen LogP contribution in [0.3, 0.4) is 0 Å². The number of aliphatic imine (C=N–C) groups is 3. The molecule has 0 saturated heterocycles. The number of esters is 5. The van der Waals surface area contributed by atoms with Gasteiger partial charge < -0.3 is 28.7 Å². The maximum atomic E-state index is 13.8. The molecule has 5 aliphatic rings. The van der Waals surface area contributed by atoms with Crippen molar-refractivity contribution in [3.05, 3.63) is 74.6 Å². The number of carbonyl (C=O) groups excluding carboxylic acids is 5. The predicted octanol–water partition coefficient (Wildman–Crippen LogP) is 5.31. The summed E-state index contributed by atoms with van der Waals surface area (Å²) in [5.41, 5.74) is 7.16. The first-order valence-electron chi connectivity index (χ1n) is 19.1. The summed E-state index contributed by atoms with van der Waals surface area (Å²) < 4.78 is 26.0. The Hall–Kier alpha value is -5.66. The molecule has 0 amide bonds. The lowest BCUT2D eigenvalue weighted by atomic mass is 9.63. The minimum Gasteiger partial charge on any atom is -0.469 e. The first-order chi connectivity index (χ1) is 27.2. The van der Waals surface area contributed by atoms with E-state index in [0.29, 0.717) is 58.9 Å². The van der Waals surface area contributed by atoms with E-state index in [4.69, 9.17) is 38.7 Å². The zero-order valence-electron chi connectivity index (χ0n) is 34.2. The average Bonchev–Trinajstić information content (AvgIpc) is 3.88. The molecule has 57 heavy (non-hydrogen) atoms. The number of carbonyl (C=O) groups is 5. The number of nitrogens with one attached hydrogen (secondary N) is 1. The van der Waals surface area contributed by atoms with Gasteiger partial charge in [-0.3, -0.25) is 34.2 Å². The maximum Gasteiger partial charge on any atom is 0.334 e. The van der Waals surface area contributed by atoms with Crippen LogP contribution in [-0.4, -0.2) is 87.5 Å². The van der Waals surface area contributed by atoms with Crippen molar-refractivity contribution in [2.24, 2.45) is 50.0 Å². The largest absolute Gasteiger partial charge is 0.469 e. The van der Waals surface area contributed by atoms with E-state index in [0.717, 1.165) is 28.2 Å². The summed E-state index contributed by atoms with van der Waals surface area (Å²) in [7, 11) is 6.49. The highest BCUT2D eigenvalue weighted by atomic mass is 16.5. The Balaban J connectivity index is 1.67. The van der Waals surface area contributed by atoms with Crippen LogP contribution in [0.1, 0.15) is 69.5 Å². The molecular weight excluding hydrogens is 732 g/mol. The second-order valence-corrected chi connectivity index (χ2v) is 15.1. The third-order valence-electron chi connectivity index (χ3n) is 12.4. The number of aromatic nitrogens is 1. The molecule has 0 fully saturated rings. The molecule has 302 valence electrons. The van der Waals surface area contributed by atoms with E-state index in [1.165, 1.54) is 35.5 Å². The number of methoxy groups -OCH3 is 5. The van der Waals surface area contributed by atoms with Crippen LogP contribution in [0, 0.1) is 41.9 Å². The first-order valence-corrected chi connectivity index (χ1v) is 19.1. The van der Waals surface area contributed by atoms with Gasteiger partial charge in [-0.15, -0.1) is 0 Å². The van der Waals surface area contributed by atoms with Crippen molar-refractivity contribution in [3.8, 4) is 0 Å². The highest BCUT2D eigenvalue weighted by molar-refractivity contribution is 6.19. The average molecular weight is 783 g/mol. The number of hydrogen-bond donors (Lipinski definition) is 1. The minimum atomic E-state index is -1.16. The zero-order valence-corrected chi connectivity index (χ0v) is 34.2. The van der Waals surface area contributed by atoms with Gasteiger partial charge in [0.05, 0.1) is 64.4 Å². The fourth-order valence-electron chi connectivity index (χ4n) is 9.14. The fraction of sp³-hybridized carbons (Fsp3) is 0.488. The van der Waals surface area contributed by atoms with E-state index in [1.807, 2.05) is 26.8 Å². The highest BCUT2D eigenvalue weighted by Crippen LogP contribution is 2.53. The standard InChI is InChI=1S/C43H50N4O10/c1-11-23-20(2)28-17-29-21(3)24(13-15-34(48)53-6)38(46-29)26(16-35(49)54-7)39-36(41(51)56-9)22(4)30(47-39)18-32-27-14-12-25(40(50)55-8)37(42(52)57-10)43(27,5)33(45-32)19-31(23)44-28/h12,14,17-18,21,24,26,36-37,44H,11,13,15-16,19H2,1-10H3/t21-,24-,26?,36?,37?,43?/m0/s1. The van der Waals surface area contributed by atoms with Crippen molar-refractivity contribution in [1.29, 1.82) is 0 Å². The third-order valence-corrected chi connectivity index (χ3v) is 12.4. The summed E-state index contributed by atoms with van der Waals surface area (Å²) >= 11 is 0. The van der Waals surface area contributed by atoms with Gasteiger partial charge in [-0.25, -0.2) is 4.79 Å². The zero-order chi connectivity index (χ0) is 41.5. The molecule has 4 unspecified atom stereocenters. The molecule has 1 aliphatic carbocycles. The summed E-state index contributed by atoms with van der Waals surface area (Å²) in [6.07, 6.45) is 8.41. The van der Waals surface area contributed by atoms with Crippen molar-refractivity contribution in [3.63, 3.8) is 0 Å². The van der Waals surface area contributed by atoms with Crippen LogP contribution in [0.15, 0.2) is 67.0 Å². The predicted molar refractivity (Wildman–Crippen MR) is 211 cm³/mol. The molecule has 0 radical (unpaired) electrons. The second kappa shape index (κ2) is 16.1. The second-order valence-electron chi connectivity index (χ2n) is 15.1. The molecule has 14 heteroatoms. The van der Waals surface area contributed by atoms with Crippen LogP contribution < -0.4 is 0 Å². The van der Waals surface area contributed by atoms with E-state index in [-0.39, 0.29) is 36.2 Å². The Labute approximate surface area is 331 Å². The number of allylic oxidation sites excluding steroid dienone is 5. The summed E-state index contributed by atoms with van der Waals surface area (Å²) in [6.45, 7) is 9.80. The Morgan fingerprint density at radius 1 is 0.860 bits per heavy atom. The normalized spacial score (nSPS) is 26.1. The van der Waals surface area contributed by atoms with Crippen LogP contribution in [0.25, 0.3) is 6.08 Å². The van der Waals surface area contributed by atoms with E-state index < -0.39 is 47.0 Å². The number of ether oxygens (including phenoxy) is 5. The van der Waals surface area contributed by atoms with Crippen LogP contribution in [-0.2, 0) is 60.5 Å². The van der Waals surface area contributed by atoms with Crippen LogP contribution in [0.5, 0.6) is 0 Å². The monoisotopic (exact) mass is 782 g/mol. The number of aromatic amines is 1. The van der Waals surface area contributed by atoms with E-state index in [1.54, 1.807) is 25.2 Å². The molecule has 1 aromatic rings. The smallest absolute Gasteiger partial charge is 0.334 e. The third kappa shape index (κ3) is 6.92. The Morgan fingerprint density at radius 2 is 1.56 bits per heavy atom. The fourth-order valence-corrected chi connectivity index (χ4v) is 9.14. The summed E-state index contributed by atoms with van der Waals surface area (Å²) in [4.78, 5) is 85.7. The number of rotatable bonds is 9. The topological polar surface area (TPSA) is 184 Å². The van der Waals surface area contributed by atoms with Gasteiger partial charge in [-0.1, -0.05) is 26.0 Å². The Morgan fingerprint density at radius 3 is 2.19 bits per heavy atom. The van der Waals surface area contributed by atoms with Crippen molar-refractivity contribution in [2.75, 3.05) is 35.5 Å². The van der Waals surface area contributed by atoms with Crippen molar-refractivity contribution in [2.45, 2.75) is 66.7 Å². The molecular formula is C43H50N4O10. The molecule has 0 spiro atoms. The number of hydrogen-bond acceptors (Lipinski definition) is 13. The Kier molecular flexibility index (Phi) is 11.6. The SMILES string of the molecule is CCc1c2[nH]c(c1C)C=C1N=C(C(CC(=O)OC)C3=NC(=C(C)C3C(=O)OC)C=C3N=C(C2)C2(C)C3=CC=C(C(=O)OC)C2C(=O)OC)[C@@H](CCC(=O)OC)[C@@H]1C. The van der Waals surface area contributed by atoms with Crippen LogP contribution in [0.2, 0.25) is 0 Å². The summed E-state index contributed by atoms with van der Waals surface area (Å²) in [5.74, 6) is -6.16. The molecule has 8 bridgehead atoms. The van der Waals surface area contributed by atoms with Crippen molar-refractivity contribution >= 4 is 53.1 Å². The van der Waals surface area contributed by atoms with E-state index in [9.17, 15) is 24.0 Å². The van der Waals surface area contributed by atoms with Gasteiger partial charge in [-0.2, -0.15) is 0 Å². The van der Waals surface area contributed by atoms with Crippen molar-refractivity contribution in [1.82, 2.24) is 4.98 Å². The maximum absolute atomic E-state index is 13.8. The van der Waals surface area contributed by atoms with Gasteiger partial charge in [0.2, 0.25) is 0 Å². The lowest BCUT2D eigenvalue weighted by Crippen LogP contribution is -2.45. The van der Waals surface area contributed by atoms with E-state index in [2.05, 4.69) is 11.9 Å². The molecule has 4 aliphatic heterocycles. The highest BCUT2D eigenvalue weighted by Gasteiger charge is 2.55. The molecule has 5 heterocycles. The lowest BCUT2D eigenvalue weighted by Gasteiger charge is -2.37. The number of H-pyrrole nitrogens is 1. The summed E-state index contributed by atoms with van der Waals surface area (Å²) in [5, 5.41) is 0. The quantitative estimate of drug-likeness (QED) is 0.254. The summed E-state index contributed by atoms with van der Waals surface area (Å²) in [6, 6.07) is 0. The van der Waals surface area contributed by atoms with Crippen LogP contribution in [0.4, 0.5) is 0 Å².